The van der Waals surface area contributed by atoms with Crippen molar-refractivity contribution in [3.8, 4) is 6.07 Å². The van der Waals surface area contributed by atoms with E-state index < -0.39 is 0 Å². The number of nitriles is 1. The fraction of sp³-hybridized carbons (Fsp3) is 0.500. The topological polar surface area (TPSA) is 86.8 Å². The Balaban J connectivity index is 1.51. The minimum atomic E-state index is -0.152. The fourth-order valence-electron chi connectivity index (χ4n) is 4.03. The molecule has 1 atom stereocenters. The van der Waals surface area contributed by atoms with Crippen molar-refractivity contribution in [3.63, 3.8) is 0 Å². The number of piperidine rings is 1. The highest BCUT2D eigenvalue weighted by molar-refractivity contribution is 5.92. The molecule has 27 heavy (non-hydrogen) atoms. The van der Waals surface area contributed by atoms with Crippen LogP contribution in [0.25, 0.3) is 0 Å². The lowest BCUT2D eigenvalue weighted by Gasteiger charge is -2.35. The van der Waals surface area contributed by atoms with Gasteiger partial charge in [-0.15, -0.1) is 0 Å². The third-order valence-electron chi connectivity index (χ3n) is 5.40. The summed E-state index contributed by atoms with van der Waals surface area (Å²) in [7, 11) is 1.80. The molecule has 3 heterocycles. The molecule has 140 valence electrons. The summed E-state index contributed by atoms with van der Waals surface area (Å²) in [6.07, 6.45) is 7.97. The number of hydrogen-bond acceptors (Lipinski definition) is 5. The lowest BCUT2D eigenvalue weighted by Crippen LogP contribution is -2.48. The van der Waals surface area contributed by atoms with E-state index in [0.717, 1.165) is 50.2 Å². The van der Waals surface area contributed by atoms with E-state index in [4.69, 9.17) is 4.98 Å². The van der Waals surface area contributed by atoms with Crippen molar-refractivity contribution in [2.24, 2.45) is 7.05 Å². The number of aromatic nitrogens is 3. The largest absolute Gasteiger partial charge is 0.353 e. The Bertz CT molecular complexity index is 896. The Morgan fingerprint density at radius 1 is 1.33 bits per heavy atom. The summed E-state index contributed by atoms with van der Waals surface area (Å²) in [5, 5.41) is 16.9. The Hall–Kier alpha value is -2.88. The predicted octanol–water partition coefficient (Wildman–Crippen LogP) is 1.96. The molecule has 0 radical (unpaired) electrons. The third kappa shape index (κ3) is 3.65. The average molecular weight is 364 g/mol. The number of anilines is 1. The molecule has 2 aromatic heterocycles. The minimum absolute atomic E-state index is 0.0256. The summed E-state index contributed by atoms with van der Waals surface area (Å²) < 4.78 is 1.62. The van der Waals surface area contributed by atoms with Crippen LogP contribution in [0.4, 0.5) is 5.82 Å². The van der Waals surface area contributed by atoms with Crippen molar-refractivity contribution >= 4 is 11.7 Å². The molecule has 1 aliphatic heterocycles. The lowest BCUT2D eigenvalue weighted by molar-refractivity contribution is 0.0927. The Morgan fingerprint density at radius 3 is 2.96 bits per heavy atom. The first-order valence-electron chi connectivity index (χ1n) is 9.62. The van der Waals surface area contributed by atoms with Gasteiger partial charge in [-0.2, -0.15) is 10.4 Å². The number of pyridine rings is 1. The van der Waals surface area contributed by atoms with Gasteiger partial charge in [0.2, 0.25) is 0 Å². The van der Waals surface area contributed by atoms with Crippen LogP contribution in [0.3, 0.4) is 0 Å². The van der Waals surface area contributed by atoms with Gasteiger partial charge in [0.1, 0.15) is 17.6 Å². The summed E-state index contributed by atoms with van der Waals surface area (Å²) >= 11 is 0. The zero-order valence-electron chi connectivity index (χ0n) is 15.6. The van der Waals surface area contributed by atoms with Crippen molar-refractivity contribution in [2.45, 2.75) is 44.6 Å². The Kier molecular flexibility index (Phi) is 4.80. The second-order valence-electron chi connectivity index (χ2n) is 7.42. The standard InChI is InChI=1S/C20H24N6O/c1-25-10-8-18(24-25)20(27)22-16-6-4-9-26(13-16)19-15(12-21)11-14-5-2-3-7-17(14)23-19/h8,10-11,16H,2-7,9,13H2,1H3,(H,22,27). The van der Waals surface area contributed by atoms with Crippen LogP contribution in [0.5, 0.6) is 0 Å². The molecule has 1 unspecified atom stereocenters. The highest BCUT2D eigenvalue weighted by atomic mass is 16.2. The van der Waals surface area contributed by atoms with Crippen molar-refractivity contribution in [1.29, 1.82) is 5.26 Å². The van der Waals surface area contributed by atoms with Crippen LogP contribution >= 0.6 is 0 Å². The molecule has 7 nitrogen and oxygen atoms in total. The van der Waals surface area contributed by atoms with Crippen LogP contribution in [0.15, 0.2) is 18.3 Å². The van der Waals surface area contributed by atoms with E-state index in [-0.39, 0.29) is 11.9 Å². The molecular formula is C20H24N6O. The number of fused-ring (bicyclic) bond motifs is 1. The number of hydrogen-bond donors (Lipinski definition) is 1. The van der Waals surface area contributed by atoms with Crippen LogP contribution in [0.1, 0.15) is 53.0 Å². The first-order valence-corrected chi connectivity index (χ1v) is 9.62. The number of nitrogens with one attached hydrogen (secondary N) is 1. The number of rotatable bonds is 3. The van der Waals surface area contributed by atoms with Crippen LogP contribution in [-0.2, 0) is 19.9 Å². The molecule has 7 heteroatoms. The van der Waals surface area contributed by atoms with Crippen LogP contribution in [0.2, 0.25) is 0 Å². The quantitative estimate of drug-likeness (QED) is 0.900. The van der Waals surface area contributed by atoms with Gasteiger partial charge in [-0.25, -0.2) is 4.98 Å². The van der Waals surface area contributed by atoms with Crippen LogP contribution < -0.4 is 10.2 Å². The maximum absolute atomic E-state index is 12.4. The van der Waals surface area contributed by atoms with Crippen molar-refractivity contribution < 1.29 is 4.79 Å². The molecule has 0 spiro atoms. The van der Waals surface area contributed by atoms with Gasteiger partial charge >= 0.3 is 0 Å². The summed E-state index contributed by atoms with van der Waals surface area (Å²) in [5.74, 6) is 0.622. The molecule has 0 aromatic carbocycles. The summed E-state index contributed by atoms with van der Waals surface area (Å²) in [6.45, 7) is 1.52. The molecule has 2 aromatic rings. The smallest absolute Gasteiger partial charge is 0.272 e. The van der Waals surface area contributed by atoms with Crippen molar-refractivity contribution in [2.75, 3.05) is 18.0 Å². The molecule has 2 aliphatic rings. The maximum atomic E-state index is 12.4. The molecule has 4 rings (SSSR count). The minimum Gasteiger partial charge on any atom is -0.353 e. The van der Waals surface area contributed by atoms with E-state index in [0.29, 0.717) is 17.8 Å². The van der Waals surface area contributed by atoms with Gasteiger partial charge in [0.25, 0.3) is 5.91 Å². The third-order valence-corrected chi connectivity index (χ3v) is 5.40. The maximum Gasteiger partial charge on any atom is 0.272 e. The normalized spacial score (nSPS) is 19.3. The van der Waals surface area contributed by atoms with Gasteiger partial charge in [-0.1, -0.05) is 0 Å². The van der Waals surface area contributed by atoms with E-state index in [1.165, 1.54) is 12.0 Å². The van der Waals surface area contributed by atoms with Gasteiger partial charge in [0.15, 0.2) is 0 Å². The number of amides is 1. The van der Waals surface area contributed by atoms with E-state index in [1.807, 2.05) is 6.07 Å². The molecule has 1 saturated heterocycles. The Morgan fingerprint density at radius 2 is 2.19 bits per heavy atom. The predicted molar refractivity (Wildman–Crippen MR) is 102 cm³/mol. The first-order chi connectivity index (χ1) is 13.1. The van der Waals surface area contributed by atoms with Gasteiger partial charge < -0.3 is 10.2 Å². The second kappa shape index (κ2) is 7.39. The molecule has 1 fully saturated rings. The summed E-state index contributed by atoms with van der Waals surface area (Å²) in [6, 6.07) is 6.09. The van der Waals surface area contributed by atoms with Gasteiger partial charge in [0.05, 0.1) is 5.56 Å². The summed E-state index contributed by atoms with van der Waals surface area (Å²) in [5.41, 5.74) is 3.43. The van der Waals surface area contributed by atoms with Gasteiger partial charge in [-0.05, 0) is 56.2 Å². The van der Waals surface area contributed by atoms with Crippen molar-refractivity contribution in [3.05, 3.63) is 40.8 Å². The average Bonchev–Trinajstić information content (AvgIpc) is 3.13. The monoisotopic (exact) mass is 364 g/mol. The zero-order chi connectivity index (χ0) is 18.8. The van der Waals surface area contributed by atoms with E-state index in [2.05, 4.69) is 21.4 Å². The van der Waals surface area contributed by atoms with Gasteiger partial charge in [-0.3, -0.25) is 9.48 Å². The first kappa shape index (κ1) is 17.5. The van der Waals surface area contributed by atoms with E-state index >= 15 is 0 Å². The highest BCUT2D eigenvalue weighted by Crippen LogP contribution is 2.28. The van der Waals surface area contributed by atoms with Gasteiger partial charge in [0, 0.05) is 38.1 Å². The fourth-order valence-corrected chi connectivity index (χ4v) is 4.03. The second-order valence-corrected chi connectivity index (χ2v) is 7.42. The van der Waals surface area contributed by atoms with E-state index in [9.17, 15) is 10.1 Å². The Labute approximate surface area is 159 Å². The van der Waals surface area contributed by atoms with E-state index in [1.54, 1.807) is 24.0 Å². The van der Waals surface area contributed by atoms with Crippen LogP contribution in [0, 0.1) is 11.3 Å². The number of carbonyl (C=O) groups is 1. The molecule has 1 N–H and O–H groups in total. The molecular weight excluding hydrogens is 340 g/mol. The lowest BCUT2D eigenvalue weighted by atomic mass is 9.94. The molecule has 1 aliphatic carbocycles. The molecule has 0 bridgehead atoms. The number of aryl methyl sites for hydroxylation is 3. The molecule has 1 amide bonds. The zero-order valence-corrected chi connectivity index (χ0v) is 15.6. The highest BCUT2D eigenvalue weighted by Gasteiger charge is 2.26. The SMILES string of the molecule is Cn1ccc(C(=O)NC2CCCN(c3nc4c(cc3C#N)CCCC4)C2)n1. The van der Waals surface area contributed by atoms with Crippen LogP contribution in [-0.4, -0.2) is 39.8 Å². The summed E-state index contributed by atoms with van der Waals surface area (Å²) in [4.78, 5) is 19.4. The number of nitrogens with zero attached hydrogens (tertiary/aromatic N) is 5. The molecule has 0 saturated carbocycles. The van der Waals surface area contributed by atoms with Crippen molar-refractivity contribution in [1.82, 2.24) is 20.1 Å². The number of carbonyl (C=O) groups excluding carboxylic acids is 1.